The van der Waals surface area contributed by atoms with Crippen LogP contribution in [0, 0.1) is 10.1 Å². The molecule has 0 saturated heterocycles. The number of benzene rings is 2. The van der Waals surface area contributed by atoms with Crippen LogP contribution in [-0.2, 0) is 23.1 Å². The molecular weight excluding hydrogens is 440 g/mol. The minimum absolute atomic E-state index is 0.0598. The van der Waals surface area contributed by atoms with Gasteiger partial charge in [-0.15, -0.1) is 0 Å². The maximum Gasteiger partial charge on any atom is 0.317 e. The van der Waals surface area contributed by atoms with E-state index in [-0.39, 0.29) is 34.9 Å². The van der Waals surface area contributed by atoms with Crippen molar-refractivity contribution in [2.45, 2.75) is 24.9 Å². The van der Waals surface area contributed by atoms with Crippen molar-refractivity contribution in [2.24, 2.45) is 0 Å². The van der Waals surface area contributed by atoms with Crippen LogP contribution in [0.5, 0.6) is 5.75 Å². The summed E-state index contributed by atoms with van der Waals surface area (Å²) in [6, 6.07) is 8.07. The van der Waals surface area contributed by atoms with Crippen LogP contribution in [0.1, 0.15) is 12.5 Å². The molecule has 0 radical (unpaired) electrons. The molecule has 0 N–H and O–H groups in total. The Balaban J connectivity index is 2.37. The first-order valence-corrected chi connectivity index (χ1v) is 11.0. The van der Waals surface area contributed by atoms with E-state index >= 15 is 0 Å². The van der Waals surface area contributed by atoms with Gasteiger partial charge in [0.15, 0.2) is 0 Å². The third-order valence-corrected chi connectivity index (χ3v) is 6.91. The minimum atomic E-state index is -3.81. The summed E-state index contributed by atoms with van der Waals surface area (Å²) in [5.74, 6) is 0.285. The van der Waals surface area contributed by atoms with E-state index in [1.807, 2.05) is 0 Å². The van der Waals surface area contributed by atoms with Gasteiger partial charge in [-0.1, -0.05) is 0 Å². The summed E-state index contributed by atoms with van der Waals surface area (Å²) < 4.78 is 34.0. The molecule has 170 valence electrons. The standard InChI is InChI=1S/C20H22N4O7S/c1-5-22-16-8-7-15(32(29,30)21(2)3)11-17(16)23(20(26)19(22)25)12-13-10-14(24(27)28)6-9-18(13)31-4/h6-11H,5,12H2,1-4H3. The van der Waals surface area contributed by atoms with Crippen molar-refractivity contribution in [3.05, 3.63) is 72.8 Å². The molecule has 0 atom stereocenters. The van der Waals surface area contributed by atoms with Crippen LogP contribution in [0.15, 0.2) is 50.9 Å². The first kappa shape index (κ1) is 23.2. The lowest BCUT2D eigenvalue weighted by molar-refractivity contribution is -0.384. The highest BCUT2D eigenvalue weighted by Crippen LogP contribution is 2.26. The Kier molecular flexibility index (Phi) is 6.19. The molecule has 2 aromatic carbocycles. The second-order valence-electron chi connectivity index (χ2n) is 7.13. The smallest absolute Gasteiger partial charge is 0.317 e. The molecule has 0 amide bonds. The van der Waals surface area contributed by atoms with E-state index in [0.717, 1.165) is 8.87 Å². The molecule has 0 aliphatic carbocycles. The molecular formula is C20H22N4O7S. The van der Waals surface area contributed by atoms with Crippen LogP contribution in [0.2, 0.25) is 0 Å². The van der Waals surface area contributed by atoms with Crippen LogP contribution in [0.25, 0.3) is 11.0 Å². The normalized spacial score (nSPS) is 11.8. The number of hydrogen-bond donors (Lipinski definition) is 0. The van der Waals surface area contributed by atoms with Crippen LogP contribution in [0.4, 0.5) is 5.69 Å². The fourth-order valence-electron chi connectivity index (χ4n) is 3.41. The molecule has 0 aliphatic rings. The first-order valence-electron chi connectivity index (χ1n) is 9.54. The molecule has 1 aromatic heterocycles. The van der Waals surface area contributed by atoms with Gasteiger partial charge in [0.25, 0.3) is 5.69 Å². The lowest BCUT2D eigenvalue weighted by atomic mass is 10.1. The third-order valence-electron chi connectivity index (χ3n) is 5.10. The third kappa shape index (κ3) is 3.89. The number of non-ortho nitro benzene ring substituents is 1. The Bertz CT molecular complexity index is 1440. The Morgan fingerprint density at radius 3 is 2.25 bits per heavy atom. The number of aromatic nitrogens is 2. The number of fused-ring (bicyclic) bond motifs is 1. The number of methoxy groups -OCH3 is 1. The zero-order chi connectivity index (χ0) is 23.8. The van der Waals surface area contributed by atoms with E-state index in [4.69, 9.17) is 4.74 Å². The average molecular weight is 462 g/mol. The fourth-order valence-corrected chi connectivity index (χ4v) is 4.33. The summed E-state index contributed by atoms with van der Waals surface area (Å²) in [6.45, 7) is 1.66. The van der Waals surface area contributed by atoms with Gasteiger partial charge in [0, 0.05) is 38.3 Å². The van der Waals surface area contributed by atoms with Crippen molar-refractivity contribution in [3.8, 4) is 5.75 Å². The largest absolute Gasteiger partial charge is 0.496 e. The Hall–Kier alpha value is -3.51. The summed E-state index contributed by atoms with van der Waals surface area (Å²) >= 11 is 0. The maximum atomic E-state index is 13.0. The summed E-state index contributed by atoms with van der Waals surface area (Å²) in [5, 5.41) is 11.2. The number of ether oxygens (including phenoxy) is 1. The van der Waals surface area contributed by atoms with E-state index in [9.17, 15) is 28.1 Å². The fraction of sp³-hybridized carbons (Fsp3) is 0.300. The van der Waals surface area contributed by atoms with Crippen molar-refractivity contribution >= 4 is 26.7 Å². The van der Waals surface area contributed by atoms with Gasteiger partial charge >= 0.3 is 11.1 Å². The van der Waals surface area contributed by atoms with Gasteiger partial charge in [-0.2, -0.15) is 0 Å². The van der Waals surface area contributed by atoms with Gasteiger partial charge in [-0.05, 0) is 31.2 Å². The maximum absolute atomic E-state index is 13.0. The number of nitro groups is 1. The highest BCUT2D eigenvalue weighted by Gasteiger charge is 2.21. The first-order chi connectivity index (χ1) is 15.0. The van der Waals surface area contributed by atoms with E-state index in [2.05, 4.69) is 0 Å². The van der Waals surface area contributed by atoms with E-state index in [0.29, 0.717) is 11.1 Å². The highest BCUT2D eigenvalue weighted by molar-refractivity contribution is 7.89. The van der Waals surface area contributed by atoms with E-state index in [1.165, 1.54) is 62.2 Å². The molecule has 0 spiro atoms. The molecule has 0 unspecified atom stereocenters. The number of sulfonamides is 1. The minimum Gasteiger partial charge on any atom is -0.496 e. The molecule has 0 bridgehead atoms. The quantitative estimate of drug-likeness (QED) is 0.294. The van der Waals surface area contributed by atoms with Crippen molar-refractivity contribution in [1.29, 1.82) is 0 Å². The molecule has 3 aromatic rings. The topological polar surface area (TPSA) is 134 Å². The van der Waals surface area contributed by atoms with Crippen LogP contribution in [-0.4, -0.2) is 48.0 Å². The van der Waals surface area contributed by atoms with Crippen molar-refractivity contribution in [1.82, 2.24) is 13.4 Å². The van der Waals surface area contributed by atoms with Gasteiger partial charge in [0.1, 0.15) is 5.75 Å². The molecule has 0 fully saturated rings. The molecule has 3 rings (SSSR count). The van der Waals surface area contributed by atoms with Gasteiger partial charge < -0.3 is 9.30 Å². The second kappa shape index (κ2) is 8.55. The molecule has 11 nitrogen and oxygen atoms in total. The number of hydrogen-bond acceptors (Lipinski definition) is 7. The van der Waals surface area contributed by atoms with Gasteiger partial charge in [0.2, 0.25) is 10.0 Å². The second-order valence-corrected chi connectivity index (χ2v) is 9.28. The summed E-state index contributed by atoms with van der Waals surface area (Å²) in [7, 11) is 0.328. The van der Waals surface area contributed by atoms with E-state index < -0.39 is 26.1 Å². The van der Waals surface area contributed by atoms with Crippen LogP contribution >= 0.6 is 0 Å². The van der Waals surface area contributed by atoms with Crippen LogP contribution in [0.3, 0.4) is 0 Å². The predicted molar refractivity (Wildman–Crippen MR) is 118 cm³/mol. The van der Waals surface area contributed by atoms with Gasteiger partial charge in [-0.3, -0.25) is 24.3 Å². The summed E-state index contributed by atoms with van der Waals surface area (Å²) in [6.07, 6.45) is 0. The molecule has 0 aliphatic heterocycles. The van der Waals surface area contributed by atoms with E-state index in [1.54, 1.807) is 6.92 Å². The van der Waals surface area contributed by atoms with Crippen LogP contribution < -0.4 is 15.9 Å². The Morgan fingerprint density at radius 2 is 1.69 bits per heavy atom. The zero-order valence-corrected chi connectivity index (χ0v) is 18.7. The molecule has 12 heteroatoms. The van der Waals surface area contributed by atoms with Gasteiger partial charge in [-0.25, -0.2) is 12.7 Å². The highest BCUT2D eigenvalue weighted by atomic mass is 32.2. The molecule has 32 heavy (non-hydrogen) atoms. The number of nitro benzene ring substituents is 1. The summed E-state index contributed by atoms with van der Waals surface area (Å²) in [4.78, 5) is 36.3. The Morgan fingerprint density at radius 1 is 1.03 bits per heavy atom. The SMILES string of the molecule is CCn1c(=O)c(=O)n(Cc2cc([N+](=O)[O-])ccc2OC)c2cc(S(=O)(=O)N(C)C)ccc21. The average Bonchev–Trinajstić information content (AvgIpc) is 2.76. The lowest BCUT2D eigenvalue weighted by Gasteiger charge is -2.17. The monoisotopic (exact) mass is 462 g/mol. The molecule has 1 heterocycles. The lowest BCUT2D eigenvalue weighted by Crippen LogP contribution is -2.41. The predicted octanol–water partition coefficient (Wildman–Crippen LogP) is 1.40. The number of aryl methyl sites for hydroxylation is 1. The molecule has 0 saturated carbocycles. The van der Waals surface area contributed by atoms with Crippen molar-refractivity contribution in [2.75, 3.05) is 21.2 Å². The zero-order valence-electron chi connectivity index (χ0n) is 17.9. The van der Waals surface area contributed by atoms with Crippen molar-refractivity contribution in [3.63, 3.8) is 0 Å². The van der Waals surface area contributed by atoms with Gasteiger partial charge in [0.05, 0.1) is 34.5 Å². The van der Waals surface area contributed by atoms with Crippen molar-refractivity contribution < 1.29 is 18.1 Å². The summed E-state index contributed by atoms with van der Waals surface area (Å²) in [5.41, 5.74) is -1.03. The number of nitrogens with zero attached hydrogens (tertiary/aromatic N) is 4. The Labute approximate surface area is 183 Å². The number of rotatable bonds is 7.